The van der Waals surface area contributed by atoms with E-state index in [0.717, 1.165) is 0 Å². The molecule has 0 heterocycles. The van der Waals surface area contributed by atoms with Crippen LogP contribution < -0.4 is 22.1 Å². The van der Waals surface area contributed by atoms with Crippen molar-refractivity contribution in [2.45, 2.75) is 32.4 Å². The summed E-state index contributed by atoms with van der Waals surface area (Å²) in [5.41, 5.74) is 9.17. The van der Waals surface area contributed by atoms with E-state index in [9.17, 15) is 14.4 Å². The van der Waals surface area contributed by atoms with Crippen LogP contribution in [0.15, 0.2) is 0 Å². The summed E-state index contributed by atoms with van der Waals surface area (Å²) in [5, 5.41) is 4.39. The standard InChI is InChI=1S/C9H18N4O4/c1-9(2,3)17-8(16)13-5(6(10)14)4-12-7(11)15/h5H,4H2,1-3H3,(H2,10,14)(H,13,16)(H3,11,12,15)/t5-/m0/s1. The van der Waals surface area contributed by atoms with Crippen LogP contribution in [0.3, 0.4) is 0 Å². The third kappa shape index (κ3) is 7.88. The highest BCUT2D eigenvalue weighted by molar-refractivity contribution is 5.85. The minimum Gasteiger partial charge on any atom is -0.444 e. The van der Waals surface area contributed by atoms with Crippen molar-refractivity contribution in [1.82, 2.24) is 10.6 Å². The maximum atomic E-state index is 11.3. The topological polar surface area (TPSA) is 137 Å². The van der Waals surface area contributed by atoms with Crippen molar-refractivity contribution in [3.8, 4) is 0 Å². The smallest absolute Gasteiger partial charge is 0.408 e. The predicted octanol–water partition coefficient (Wildman–Crippen LogP) is -0.967. The number of amides is 4. The molecular weight excluding hydrogens is 228 g/mol. The molecule has 8 heteroatoms. The zero-order valence-electron chi connectivity index (χ0n) is 10.1. The number of nitrogens with two attached hydrogens (primary N) is 2. The fourth-order valence-electron chi connectivity index (χ4n) is 0.875. The summed E-state index contributed by atoms with van der Waals surface area (Å²) in [6.07, 6.45) is -0.799. The van der Waals surface area contributed by atoms with E-state index in [1.807, 2.05) is 0 Å². The van der Waals surface area contributed by atoms with E-state index >= 15 is 0 Å². The van der Waals surface area contributed by atoms with Crippen molar-refractivity contribution >= 4 is 18.0 Å². The third-order valence-corrected chi connectivity index (χ3v) is 1.51. The summed E-state index contributed by atoms with van der Waals surface area (Å²) < 4.78 is 4.92. The molecule has 0 aromatic heterocycles. The maximum absolute atomic E-state index is 11.3. The Hall–Kier alpha value is -1.99. The Bertz CT molecular complexity index is 311. The van der Waals surface area contributed by atoms with Crippen LogP contribution in [0.25, 0.3) is 0 Å². The Morgan fingerprint density at radius 2 is 1.76 bits per heavy atom. The lowest BCUT2D eigenvalue weighted by Crippen LogP contribution is -2.52. The molecule has 0 fully saturated rings. The van der Waals surface area contributed by atoms with Gasteiger partial charge in [-0.3, -0.25) is 4.79 Å². The van der Waals surface area contributed by atoms with E-state index in [-0.39, 0.29) is 6.54 Å². The van der Waals surface area contributed by atoms with Crippen LogP contribution >= 0.6 is 0 Å². The first kappa shape index (κ1) is 15.0. The minimum atomic E-state index is -1.07. The zero-order valence-corrected chi connectivity index (χ0v) is 10.1. The van der Waals surface area contributed by atoms with Gasteiger partial charge in [-0.1, -0.05) is 0 Å². The van der Waals surface area contributed by atoms with Crippen molar-refractivity contribution in [2.24, 2.45) is 11.5 Å². The van der Waals surface area contributed by atoms with Gasteiger partial charge in [0.2, 0.25) is 5.91 Å². The lowest BCUT2D eigenvalue weighted by atomic mass is 10.2. The third-order valence-electron chi connectivity index (χ3n) is 1.51. The average molecular weight is 246 g/mol. The highest BCUT2D eigenvalue weighted by atomic mass is 16.6. The largest absolute Gasteiger partial charge is 0.444 e. The predicted molar refractivity (Wildman–Crippen MR) is 59.9 cm³/mol. The molecule has 0 rings (SSSR count). The summed E-state index contributed by atoms with van der Waals surface area (Å²) in [6, 6.07) is -1.89. The molecule has 0 aliphatic carbocycles. The minimum absolute atomic E-state index is 0.191. The number of ether oxygens (including phenoxy) is 1. The van der Waals surface area contributed by atoms with Crippen LogP contribution in [0, 0.1) is 0 Å². The summed E-state index contributed by atoms with van der Waals surface area (Å²) in [5.74, 6) is -0.801. The first-order valence-corrected chi connectivity index (χ1v) is 4.94. The van der Waals surface area contributed by atoms with Gasteiger partial charge in [-0.25, -0.2) is 9.59 Å². The highest BCUT2D eigenvalue weighted by Gasteiger charge is 2.22. The number of carbonyl (C=O) groups excluding carboxylic acids is 3. The Morgan fingerprint density at radius 1 is 1.24 bits per heavy atom. The van der Waals surface area contributed by atoms with Gasteiger partial charge in [0, 0.05) is 6.54 Å². The molecule has 8 nitrogen and oxygen atoms in total. The Kier molecular flexibility index (Phi) is 5.23. The van der Waals surface area contributed by atoms with Crippen LogP contribution in [0.5, 0.6) is 0 Å². The molecule has 0 aromatic carbocycles. The van der Waals surface area contributed by atoms with Crippen molar-refractivity contribution < 1.29 is 19.1 Å². The van der Waals surface area contributed by atoms with Gasteiger partial charge in [-0.2, -0.15) is 0 Å². The van der Waals surface area contributed by atoms with Crippen molar-refractivity contribution in [2.75, 3.05) is 6.54 Å². The van der Waals surface area contributed by atoms with E-state index in [2.05, 4.69) is 10.6 Å². The van der Waals surface area contributed by atoms with Crippen LogP contribution in [-0.4, -0.2) is 36.2 Å². The van der Waals surface area contributed by atoms with Gasteiger partial charge < -0.3 is 26.8 Å². The van der Waals surface area contributed by atoms with E-state index < -0.39 is 29.7 Å². The Morgan fingerprint density at radius 3 is 2.12 bits per heavy atom. The van der Waals surface area contributed by atoms with Crippen molar-refractivity contribution in [3.05, 3.63) is 0 Å². The molecule has 4 amide bonds. The zero-order chi connectivity index (χ0) is 13.6. The average Bonchev–Trinajstić information content (AvgIpc) is 2.08. The van der Waals surface area contributed by atoms with Gasteiger partial charge in [-0.05, 0) is 20.8 Å². The number of carbonyl (C=O) groups is 3. The molecule has 17 heavy (non-hydrogen) atoms. The van der Waals surface area contributed by atoms with Crippen LogP contribution in [0.4, 0.5) is 9.59 Å². The first-order valence-electron chi connectivity index (χ1n) is 4.94. The van der Waals surface area contributed by atoms with Gasteiger partial charge in [0.1, 0.15) is 11.6 Å². The summed E-state index contributed by atoms with van der Waals surface area (Å²) in [4.78, 5) is 32.8. The van der Waals surface area contributed by atoms with Gasteiger partial charge in [-0.15, -0.1) is 0 Å². The SMILES string of the molecule is CC(C)(C)OC(=O)N[C@@H](CNC(N)=O)C(N)=O. The van der Waals surface area contributed by atoms with Gasteiger partial charge in [0.05, 0.1) is 0 Å². The summed E-state index contributed by atoms with van der Waals surface area (Å²) >= 11 is 0. The van der Waals surface area contributed by atoms with Gasteiger partial charge in [0.25, 0.3) is 0 Å². The van der Waals surface area contributed by atoms with Gasteiger partial charge in [0.15, 0.2) is 0 Å². The van der Waals surface area contributed by atoms with Crippen LogP contribution in [0.1, 0.15) is 20.8 Å². The lowest BCUT2D eigenvalue weighted by molar-refractivity contribution is -0.119. The molecule has 98 valence electrons. The molecular formula is C9H18N4O4. The molecule has 0 aromatic rings. The fourth-order valence-corrected chi connectivity index (χ4v) is 0.875. The molecule has 0 saturated heterocycles. The second kappa shape index (κ2) is 5.92. The molecule has 0 aliphatic heterocycles. The molecule has 0 spiro atoms. The Labute approximate surface area is 99.0 Å². The number of hydrogen-bond donors (Lipinski definition) is 4. The normalized spacial score (nSPS) is 12.4. The van der Waals surface area contributed by atoms with Crippen molar-refractivity contribution in [1.29, 1.82) is 0 Å². The van der Waals surface area contributed by atoms with Crippen LogP contribution in [-0.2, 0) is 9.53 Å². The number of nitrogens with one attached hydrogen (secondary N) is 2. The van der Waals surface area contributed by atoms with E-state index in [1.54, 1.807) is 20.8 Å². The quantitative estimate of drug-likeness (QED) is 0.507. The molecule has 0 aliphatic rings. The van der Waals surface area contributed by atoms with E-state index in [0.29, 0.717) is 0 Å². The lowest BCUT2D eigenvalue weighted by Gasteiger charge is -2.22. The maximum Gasteiger partial charge on any atom is 0.408 e. The summed E-state index contributed by atoms with van der Waals surface area (Å²) in [7, 11) is 0. The van der Waals surface area contributed by atoms with Crippen molar-refractivity contribution in [3.63, 3.8) is 0 Å². The number of primary amides is 2. The number of hydrogen-bond acceptors (Lipinski definition) is 4. The van der Waals surface area contributed by atoms with Gasteiger partial charge >= 0.3 is 12.1 Å². The molecule has 6 N–H and O–H groups in total. The number of alkyl carbamates (subject to hydrolysis) is 1. The second-order valence-electron chi connectivity index (χ2n) is 4.35. The second-order valence-corrected chi connectivity index (χ2v) is 4.35. The number of urea groups is 1. The molecule has 0 saturated carbocycles. The highest BCUT2D eigenvalue weighted by Crippen LogP contribution is 2.06. The van der Waals surface area contributed by atoms with Crippen LogP contribution in [0.2, 0.25) is 0 Å². The van der Waals surface area contributed by atoms with E-state index in [1.165, 1.54) is 0 Å². The first-order chi connectivity index (χ1) is 7.61. The fraction of sp³-hybridized carbons (Fsp3) is 0.667. The monoisotopic (exact) mass is 246 g/mol. The molecule has 0 bridgehead atoms. The summed E-state index contributed by atoms with van der Waals surface area (Å²) in [6.45, 7) is 4.83. The molecule has 0 radical (unpaired) electrons. The van der Waals surface area contributed by atoms with E-state index in [4.69, 9.17) is 16.2 Å². The Balaban J connectivity index is 4.30. The number of rotatable bonds is 4. The molecule has 1 atom stereocenters. The molecule has 0 unspecified atom stereocenters.